The third-order valence-electron chi connectivity index (χ3n) is 6.00. The predicted octanol–water partition coefficient (Wildman–Crippen LogP) is 1.19. The Labute approximate surface area is 150 Å². The molecule has 2 atom stereocenters. The average molecular weight is 355 g/mol. The van der Waals surface area contributed by atoms with Crippen LogP contribution in [0.4, 0.5) is 0 Å². The van der Waals surface area contributed by atoms with E-state index in [1.165, 1.54) is 4.68 Å². The van der Waals surface area contributed by atoms with Crippen LogP contribution in [0.3, 0.4) is 0 Å². The molecule has 1 amide bonds. The lowest BCUT2D eigenvalue weighted by atomic mass is 9.81. The van der Waals surface area contributed by atoms with Crippen LogP contribution in [0.2, 0.25) is 0 Å². The van der Waals surface area contributed by atoms with Gasteiger partial charge in [-0.25, -0.2) is 4.68 Å². The van der Waals surface area contributed by atoms with E-state index in [0.717, 1.165) is 12.8 Å². The number of carboxylic acids is 1. The van der Waals surface area contributed by atoms with E-state index in [2.05, 4.69) is 5.10 Å². The van der Waals surface area contributed by atoms with Gasteiger partial charge in [0.15, 0.2) is 0 Å². The number of carbonyl (C=O) groups excluding carboxylic acids is 1. The standard InChI is InChI=1S/C19H21N3O4/c1-21-17(24)14-7-3-2-6-13(14)15(20-21)9-16(23)22-10-12-5-4-8-19(12,11-22)18(25)26/h2-3,6-7,12H,4-5,8-11H2,1H3,(H,25,26)/t12-,19+/m0/s1. The fraction of sp³-hybridized carbons (Fsp3) is 0.474. The van der Waals surface area contributed by atoms with Crippen LogP contribution in [-0.4, -0.2) is 44.8 Å². The summed E-state index contributed by atoms with van der Waals surface area (Å²) in [5.74, 6) is -0.883. The van der Waals surface area contributed by atoms with E-state index in [1.807, 2.05) is 6.07 Å². The highest BCUT2D eigenvalue weighted by atomic mass is 16.4. The maximum Gasteiger partial charge on any atom is 0.311 e. The number of hydrogen-bond donors (Lipinski definition) is 1. The van der Waals surface area contributed by atoms with Crippen LogP contribution in [0.25, 0.3) is 10.8 Å². The number of aryl methyl sites for hydroxylation is 1. The molecular weight excluding hydrogens is 334 g/mol. The largest absolute Gasteiger partial charge is 0.481 e. The Morgan fingerprint density at radius 3 is 2.73 bits per heavy atom. The summed E-state index contributed by atoms with van der Waals surface area (Å²) >= 11 is 0. The second-order valence-corrected chi connectivity index (χ2v) is 7.42. The molecule has 1 saturated heterocycles. The molecule has 26 heavy (non-hydrogen) atoms. The van der Waals surface area contributed by atoms with Gasteiger partial charge in [-0.05, 0) is 24.8 Å². The van der Waals surface area contributed by atoms with Crippen molar-refractivity contribution in [1.82, 2.24) is 14.7 Å². The smallest absolute Gasteiger partial charge is 0.311 e. The number of hydrogen-bond acceptors (Lipinski definition) is 4. The van der Waals surface area contributed by atoms with Gasteiger partial charge in [-0.3, -0.25) is 14.4 Å². The van der Waals surface area contributed by atoms with Crippen molar-refractivity contribution in [3.05, 3.63) is 40.3 Å². The van der Waals surface area contributed by atoms with Gasteiger partial charge in [-0.2, -0.15) is 5.10 Å². The molecule has 2 heterocycles. The summed E-state index contributed by atoms with van der Waals surface area (Å²) in [4.78, 5) is 38.5. The molecule has 1 aliphatic heterocycles. The Hall–Kier alpha value is -2.70. The van der Waals surface area contributed by atoms with Gasteiger partial charge in [0.1, 0.15) is 0 Å². The van der Waals surface area contributed by atoms with Crippen LogP contribution >= 0.6 is 0 Å². The Balaban J connectivity index is 1.62. The molecule has 0 unspecified atom stereocenters. The molecule has 0 radical (unpaired) electrons. The van der Waals surface area contributed by atoms with Gasteiger partial charge in [0.05, 0.1) is 22.9 Å². The summed E-state index contributed by atoms with van der Waals surface area (Å²) in [7, 11) is 1.57. The predicted molar refractivity (Wildman–Crippen MR) is 94.7 cm³/mol. The van der Waals surface area contributed by atoms with Gasteiger partial charge in [0.25, 0.3) is 5.56 Å². The zero-order chi connectivity index (χ0) is 18.5. The molecule has 136 valence electrons. The lowest BCUT2D eigenvalue weighted by Gasteiger charge is -2.23. The van der Waals surface area contributed by atoms with E-state index in [4.69, 9.17) is 0 Å². The lowest BCUT2D eigenvalue weighted by molar-refractivity contribution is -0.149. The first kappa shape index (κ1) is 16.8. The first-order chi connectivity index (χ1) is 12.4. The van der Waals surface area contributed by atoms with Crippen molar-refractivity contribution in [2.24, 2.45) is 18.4 Å². The molecule has 2 aliphatic rings. The SMILES string of the molecule is Cn1nc(CC(=O)N2C[C@@H]3CCC[C@@]3(C(=O)O)C2)c2ccccc2c1=O. The molecule has 0 spiro atoms. The van der Waals surface area contributed by atoms with E-state index in [0.29, 0.717) is 29.4 Å². The van der Waals surface area contributed by atoms with Gasteiger partial charge in [0, 0.05) is 25.5 Å². The zero-order valence-corrected chi connectivity index (χ0v) is 14.6. The summed E-state index contributed by atoms with van der Waals surface area (Å²) in [5.41, 5.74) is -0.430. The van der Waals surface area contributed by atoms with Crippen LogP contribution in [0.5, 0.6) is 0 Å². The summed E-state index contributed by atoms with van der Waals surface area (Å²) in [5, 5.41) is 15.2. The number of amides is 1. The molecule has 7 heteroatoms. The number of benzene rings is 1. The molecule has 2 aromatic rings. The molecule has 1 aromatic carbocycles. The molecule has 0 bridgehead atoms. The second-order valence-electron chi connectivity index (χ2n) is 7.42. The lowest BCUT2D eigenvalue weighted by Crippen LogP contribution is -2.38. The molecule has 1 aliphatic carbocycles. The van der Waals surface area contributed by atoms with E-state index < -0.39 is 11.4 Å². The molecule has 1 N–H and O–H groups in total. The highest BCUT2D eigenvalue weighted by Gasteiger charge is 2.55. The van der Waals surface area contributed by atoms with Crippen LogP contribution in [0, 0.1) is 11.3 Å². The van der Waals surface area contributed by atoms with Gasteiger partial charge in [-0.15, -0.1) is 0 Å². The van der Waals surface area contributed by atoms with Gasteiger partial charge < -0.3 is 10.0 Å². The Morgan fingerprint density at radius 2 is 2.04 bits per heavy atom. The number of carboxylic acid groups (broad SMARTS) is 1. The maximum absolute atomic E-state index is 12.9. The third-order valence-corrected chi connectivity index (χ3v) is 6.00. The number of fused-ring (bicyclic) bond motifs is 2. The van der Waals surface area contributed by atoms with Crippen molar-refractivity contribution in [3.8, 4) is 0 Å². The van der Waals surface area contributed by atoms with E-state index in [1.54, 1.807) is 30.1 Å². The Bertz CT molecular complexity index is 967. The Kier molecular flexibility index (Phi) is 3.82. The summed E-state index contributed by atoms with van der Waals surface area (Å²) < 4.78 is 1.25. The number of carbonyl (C=O) groups is 2. The number of rotatable bonds is 3. The number of aromatic nitrogens is 2. The van der Waals surface area contributed by atoms with E-state index in [9.17, 15) is 19.5 Å². The minimum Gasteiger partial charge on any atom is -0.481 e. The van der Waals surface area contributed by atoms with E-state index in [-0.39, 0.29) is 30.3 Å². The first-order valence-corrected chi connectivity index (χ1v) is 8.88. The summed E-state index contributed by atoms with van der Waals surface area (Å²) in [6.07, 6.45) is 2.47. The zero-order valence-electron chi connectivity index (χ0n) is 14.6. The third kappa shape index (κ3) is 2.41. The van der Waals surface area contributed by atoms with Crippen molar-refractivity contribution in [1.29, 1.82) is 0 Å². The second kappa shape index (κ2) is 5.93. The highest BCUT2D eigenvalue weighted by Crippen LogP contribution is 2.48. The van der Waals surface area contributed by atoms with Crippen LogP contribution in [0.1, 0.15) is 25.0 Å². The van der Waals surface area contributed by atoms with Crippen molar-refractivity contribution in [2.45, 2.75) is 25.7 Å². The fourth-order valence-corrected chi connectivity index (χ4v) is 4.59. The quantitative estimate of drug-likeness (QED) is 0.893. The molecule has 1 aromatic heterocycles. The van der Waals surface area contributed by atoms with Crippen molar-refractivity contribution in [2.75, 3.05) is 13.1 Å². The topological polar surface area (TPSA) is 92.5 Å². The summed E-state index contributed by atoms with van der Waals surface area (Å²) in [6, 6.07) is 7.13. The monoisotopic (exact) mass is 355 g/mol. The van der Waals surface area contributed by atoms with Gasteiger partial charge >= 0.3 is 5.97 Å². The van der Waals surface area contributed by atoms with Crippen molar-refractivity contribution in [3.63, 3.8) is 0 Å². The highest BCUT2D eigenvalue weighted by molar-refractivity contribution is 5.89. The molecule has 4 rings (SSSR count). The molecule has 2 fully saturated rings. The fourth-order valence-electron chi connectivity index (χ4n) is 4.59. The van der Waals surface area contributed by atoms with Crippen LogP contribution < -0.4 is 5.56 Å². The van der Waals surface area contributed by atoms with E-state index >= 15 is 0 Å². The minimum atomic E-state index is -0.791. The molecule has 7 nitrogen and oxygen atoms in total. The van der Waals surface area contributed by atoms with Crippen molar-refractivity contribution < 1.29 is 14.7 Å². The Morgan fingerprint density at radius 1 is 1.31 bits per heavy atom. The van der Waals surface area contributed by atoms with Crippen LogP contribution in [-0.2, 0) is 23.1 Å². The normalized spacial score (nSPS) is 24.8. The molecular formula is C19H21N3O4. The average Bonchev–Trinajstić information content (AvgIpc) is 3.18. The maximum atomic E-state index is 12.9. The first-order valence-electron chi connectivity index (χ1n) is 8.88. The summed E-state index contributed by atoms with van der Waals surface area (Å²) in [6.45, 7) is 0.768. The van der Waals surface area contributed by atoms with Crippen molar-refractivity contribution >= 4 is 22.6 Å². The number of aliphatic carboxylic acids is 1. The minimum absolute atomic E-state index is 0.0359. The number of nitrogens with zero attached hydrogens (tertiary/aromatic N) is 3. The number of likely N-dealkylation sites (tertiary alicyclic amines) is 1. The molecule has 1 saturated carbocycles. The van der Waals surface area contributed by atoms with Crippen LogP contribution in [0.15, 0.2) is 29.1 Å². The van der Waals surface area contributed by atoms with Gasteiger partial charge in [-0.1, -0.05) is 24.6 Å². The van der Waals surface area contributed by atoms with Gasteiger partial charge in [0.2, 0.25) is 5.91 Å².